The van der Waals surface area contributed by atoms with Crippen molar-refractivity contribution in [1.29, 1.82) is 0 Å². The van der Waals surface area contributed by atoms with Gasteiger partial charge < -0.3 is 20.1 Å². The molecule has 4 aliphatic carbocycles. The van der Waals surface area contributed by atoms with Gasteiger partial charge in [-0.05, 0) is 73.2 Å². The van der Waals surface area contributed by atoms with Gasteiger partial charge in [-0.1, -0.05) is 53.2 Å². The van der Waals surface area contributed by atoms with Gasteiger partial charge in [-0.3, -0.25) is 9.59 Å². The van der Waals surface area contributed by atoms with Gasteiger partial charge in [-0.15, -0.1) is 0 Å². The molecule has 0 saturated heterocycles. The fourth-order valence-electron chi connectivity index (χ4n) is 9.54. The number of allylic oxidation sites excluding steroid dienone is 1. The summed E-state index contributed by atoms with van der Waals surface area (Å²) in [6, 6.07) is 0. The van der Waals surface area contributed by atoms with Crippen molar-refractivity contribution < 1.29 is 34.4 Å². The van der Waals surface area contributed by atoms with Gasteiger partial charge in [0.15, 0.2) is 0 Å². The maximum atomic E-state index is 12.9. The minimum atomic E-state index is -1.00. The zero-order valence-corrected chi connectivity index (χ0v) is 25.0. The summed E-state index contributed by atoms with van der Waals surface area (Å²) in [7, 11) is 0. The summed E-state index contributed by atoms with van der Waals surface area (Å²) in [5.41, 5.74) is 0.711. The quantitative estimate of drug-likeness (QED) is 0.238. The summed E-state index contributed by atoms with van der Waals surface area (Å²) in [5, 5.41) is 32.9. The summed E-state index contributed by atoms with van der Waals surface area (Å²) in [4.78, 5) is 36.3. The lowest BCUT2D eigenvalue weighted by Crippen LogP contribution is -2.58. The normalized spacial score (nSPS) is 41.3. The summed E-state index contributed by atoms with van der Waals surface area (Å²) in [5.74, 6) is -1.23. The van der Waals surface area contributed by atoms with Crippen molar-refractivity contribution in [2.75, 3.05) is 0 Å². The molecule has 0 aromatic heterocycles. The summed E-state index contributed by atoms with van der Waals surface area (Å²) in [6.07, 6.45) is 3.96. The van der Waals surface area contributed by atoms with Gasteiger partial charge in [0.05, 0.1) is 12.2 Å². The van der Waals surface area contributed by atoms with Crippen molar-refractivity contribution in [3.63, 3.8) is 0 Å². The molecule has 2 saturated carbocycles. The van der Waals surface area contributed by atoms with Gasteiger partial charge in [0.2, 0.25) is 0 Å². The smallest absolute Gasteiger partial charge is 0.330 e. The van der Waals surface area contributed by atoms with Crippen LogP contribution in [-0.2, 0) is 19.1 Å². The van der Waals surface area contributed by atoms with E-state index in [1.165, 1.54) is 19.4 Å². The number of hydrogen-bond acceptors (Lipinski definition) is 6. The van der Waals surface area contributed by atoms with Crippen molar-refractivity contribution >= 4 is 17.7 Å². The van der Waals surface area contributed by atoms with Gasteiger partial charge in [0.1, 0.15) is 11.9 Å². The van der Waals surface area contributed by atoms with E-state index in [0.717, 1.165) is 24.8 Å². The first-order valence-electron chi connectivity index (χ1n) is 14.6. The molecule has 9 atom stereocenters. The second-order valence-corrected chi connectivity index (χ2v) is 14.2. The Kier molecular flexibility index (Phi) is 7.56. The maximum absolute atomic E-state index is 12.9. The number of aliphatic hydroxyl groups excluding tert-OH is 2. The second kappa shape index (κ2) is 9.83. The zero-order valence-electron chi connectivity index (χ0n) is 25.0. The monoisotopic (exact) mass is 544 g/mol. The van der Waals surface area contributed by atoms with Crippen LogP contribution in [0, 0.1) is 39.4 Å². The number of esters is 1. The van der Waals surface area contributed by atoms with E-state index in [1.807, 2.05) is 20.8 Å². The van der Waals surface area contributed by atoms with Gasteiger partial charge in [-0.2, -0.15) is 0 Å². The van der Waals surface area contributed by atoms with Crippen LogP contribution in [0.15, 0.2) is 22.8 Å². The second-order valence-electron chi connectivity index (χ2n) is 14.2. The Morgan fingerprint density at radius 2 is 1.69 bits per heavy atom. The van der Waals surface area contributed by atoms with Crippen LogP contribution >= 0.6 is 0 Å². The molecular formula is C32H48O7. The molecule has 0 aliphatic heterocycles. The van der Waals surface area contributed by atoms with Crippen molar-refractivity contribution in [1.82, 2.24) is 0 Å². The molecule has 2 fully saturated rings. The molecule has 3 N–H and O–H groups in total. The molecule has 0 aromatic carbocycles. The molecule has 39 heavy (non-hydrogen) atoms. The predicted octanol–water partition coefficient (Wildman–Crippen LogP) is 5.24. The van der Waals surface area contributed by atoms with Crippen LogP contribution in [0.2, 0.25) is 0 Å². The molecule has 7 nitrogen and oxygen atoms in total. The van der Waals surface area contributed by atoms with Crippen molar-refractivity contribution in [3.8, 4) is 0 Å². The van der Waals surface area contributed by atoms with E-state index < -0.39 is 41.1 Å². The number of fused-ring (bicyclic) bond motifs is 4. The number of aliphatic hydroxyl groups is 2. The third-order valence-electron chi connectivity index (χ3n) is 12.2. The highest BCUT2D eigenvalue weighted by Gasteiger charge is 2.68. The molecule has 0 spiro atoms. The lowest BCUT2D eigenvalue weighted by molar-refractivity contribution is -0.151. The zero-order chi connectivity index (χ0) is 29.3. The average molecular weight is 545 g/mol. The molecule has 4 aliphatic rings. The maximum Gasteiger partial charge on any atom is 0.330 e. The van der Waals surface area contributed by atoms with E-state index in [1.54, 1.807) is 6.08 Å². The molecule has 0 amide bonds. The van der Waals surface area contributed by atoms with Crippen LogP contribution in [0.3, 0.4) is 0 Å². The fourth-order valence-corrected chi connectivity index (χ4v) is 9.54. The number of carbonyl (C=O) groups is 3. The average Bonchev–Trinajstić information content (AvgIpc) is 3.06. The number of carboxylic acids is 1. The summed E-state index contributed by atoms with van der Waals surface area (Å²) < 4.78 is 5.74. The first kappa shape index (κ1) is 30.0. The fraction of sp³-hybridized carbons (Fsp3) is 0.781. The van der Waals surface area contributed by atoms with Crippen LogP contribution in [0.25, 0.3) is 0 Å². The number of hydrogen-bond donors (Lipinski definition) is 3. The molecule has 9 unspecified atom stereocenters. The standard InChI is InChI=1S/C32H48O7/c1-17(28(37)38)9-10-23(39-19(3)33)18(2)21-15-26(36)32(8)27-20(11-14-31(21,32)7)30(6)13-12-25(35)29(4,5)24(30)16-22(27)34/h9,18,21-24,26,34,36H,10-16H2,1-8H3,(H,37,38). The number of ether oxygens (including phenoxy) is 1. The molecule has 0 heterocycles. The minimum absolute atomic E-state index is 0.00321. The predicted molar refractivity (Wildman–Crippen MR) is 148 cm³/mol. The van der Waals surface area contributed by atoms with Gasteiger partial charge in [-0.25, -0.2) is 4.79 Å². The number of carbonyl (C=O) groups excluding carboxylic acids is 2. The minimum Gasteiger partial charge on any atom is -0.478 e. The molecule has 4 rings (SSSR count). The third kappa shape index (κ3) is 4.34. The van der Waals surface area contributed by atoms with Crippen LogP contribution in [0.5, 0.6) is 0 Å². The number of rotatable bonds is 6. The van der Waals surface area contributed by atoms with E-state index in [4.69, 9.17) is 4.74 Å². The van der Waals surface area contributed by atoms with Crippen LogP contribution in [-0.4, -0.2) is 51.4 Å². The van der Waals surface area contributed by atoms with Crippen molar-refractivity contribution in [2.24, 2.45) is 39.4 Å². The third-order valence-corrected chi connectivity index (χ3v) is 12.2. The topological polar surface area (TPSA) is 121 Å². The Labute approximate surface area is 233 Å². The summed E-state index contributed by atoms with van der Waals surface area (Å²) >= 11 is 0. The lowest BCUT2D eigenvalue weighted by atomic mass is 9.42. The SMILES string of the molecule is CC(=O)OC(CC=C(C)C(=O)O)C(C)C1CC(O)C2(C)C3=C(CCC12C)C1(C)CCC(=O)C(C)(C)C1CC3O. The van der Waals surface area contributed by atoms with Crippen molar-refractivity contribution in [3.05, 3.63) is 22.8 Å². The van der Waals surface area contributed by atoms with Crippen LogP contribution in [0.4, 0.5) is 0 Å². The number of carboxylic acid groups (broad SMARTS) is 1. The highest BCUT2D eigenvalue weighted by Crippen LogP contribution is 2.72. The summed E-state index contributed by atoms with van der Waals surface area (Å²) in [6.45, 7) is 15.6. The van der Waals surface area contributed by atoms with E-state index in [9.17, 15) is 29.7 Å². The molecular weight excluding hydrogens is 496 g/mol. The molecule has 0 bridgehead atoms. The Hall–Kier alpha value is -1.99. The Morgan fingerprint density at radius 3 is 2.28 bits per heavy atom. The van der Waals surface area contributed by atoms with E-state index in [-0.39, 0.29) is 46.4 Å². The molecule has 218 valence electrons. The molecule has 0 radical (unpaired) electrons. The van der Waals surface area contributed by atoms with E-state index >= 15 is 0 Å². The Morgan fingerprint density at radius 1 is 1.05 bits per heavy atom. The number of ketones is 1. The van der Waals surface area contributed by atoms with Gasteiger partial charge in [0.25, 0.3) is 0 Å². The first-order chi connectivity index (χ1) is 17.9. The van der Waals surface area contributed by atoms with Crippen molar-refractivity contribution in [2.45, 2.75) is 119 Å². The number of aliphatic carboxylic acids is 1. The lowest BCUT2D eigenvalue weighted by Gasteiger charge is -2.62. The van der Waals surface area contributed by atoms with Gasteiger partial charge >= 0.3 is 11.9 Å². The highest BCUT2D eigenvalue weighted by molar-refractivity contribution is 5.86. The largest absolute Gasteiger partial charge is 0.478 e. The van der Waals surface area contributed by atoms with Crippen LogP contribution < -0.4 is 0 Å². The number of Topliss-reactive ketones (excluding diaryl/α,β-unsaturated/α-hetero) is 1. The van der Waals surface area contributed by atoms with Gasteiger partial charge in [0, 0.05) is 36.2 Å². The highest BCUT2D eigenvalue weighted by atomic mass is 16.5. The Bertz CT molecular complexity index is 1120. The molecule has 7 heteroatoms. The first-order valence-corrected chi connectivity index (χ1v) is 14.6. The Balaban J connectivity index is 1.75. The molecule has 0 aromatic rings. The van der Waals surface area contributed by atoms with E-state index in [2.05, 4.69) is 20.8 Å². The van der Waals surface area contributed by atoms with Crippen LogP contribution in [0.1, 0.15) is 100 Å². The van der Waals surface area contributed by atoms with E-state index in [0.29, 0.717) is 19.3 Å².